The minimum absolute atomic E-state index is 0. The van der Waals surface area contributed by atoms with Gasteiger partial charge in [-0.05, 0) is 69.2 Å². The van der Waals surface area contributed by atoms with Crippen molar-refractivity contribution >= 4 is 175 Å². The molecule has 0 aliphatic rings. The van der Waals surface area contributed by atoms with E-state index in [9.17, 15) is 31.9 Å². The zero-order valence-electron chi connectivity index (χ0n) is 54.9. The number of alkyl halides is 4. The van der Waals surface area contributed by atoms with Gasteiger partial charge in [-0.25, -0.2) is 107 Å². The summed E-state index contributed by atoms with van der Waals surface area (Å²) in [5.74, 6) is 2.00. The molecule has 0 atom stereocenters. The fourth-order valence-electron chi connectivity index (χ4n) is 8.84. The van der Waals surface area contributed by atoms with Crippen LogP contribution in [-0.2, 0) is 16.1 Å². The number of aldehydes is 1. The molecule has 16 heterocycles. The van der Waals surface area contributed by atoms with Gasteiger partial charge in [-0.2, -0.15) is 0 Å². The zero-order valence-corrected chi connectivity index (χ0v) is 63.8. The molecule has 16 aromatic heterocycles. The van der Waals surface area contributed by atoms with Crippen molar-refractivity contribution in [3.8, 4) is 57.6 Å². The molecule has 0 fully saturated rings. The summed E-state index contributed by atoms with van der Waals surface area (Å²) in [7, 11) is 0. The van der Waals surface area contributed by atoms with E-state index in [4.69, 9.17) is 31.9 Å². The average molecular weight is 1710 g/mol. The molecule has 0 aromatic carbocycles. The Balaban J connectivity index is 0.000000206. The number of rotatable bonds is 17. The van der Waals surface area contributed by atoms with Crippen LogP contribution in [0.5, 0.6) is 0 Å². The van der Waals surface area contributed by atoms with E-state index in [1.807, 2.05) is 62.6 Å². The number of nitrogens with zero attached hydrogens (tertiary/aromatic N) is 21. The van der Waals surface area contributed by atoms with Gasteiger partial charge in [0.05, 0.1) is 96.6 Å². The third-order valence-electron chi connectivity index (χ3n) is 13.5. The number of carbonyl (C=O) groups is 3. The van der Waals surface area contributed by atoms with Gasteiger partial charge in [0.2, 0.25) is 0 Å². The number of thiazole rings is 6. The van der Waals surface area contributed by atoms with E-state index in [-0.39, 0.29) is 65.4 Å². The highest BCUT2D eigenvalue weighted by Crippen LogP contribution is 2.34. The summed E-state index contributed by atoms with van der Waals surface area (Å²) in [6.45, 7) is 4.28. The van der Waals surface area contributed by atoms with Crippen LogP contribution >= 0.6 is 127 Å². The zero-order chi connectivity index (χ0) is 74.3. The van der Waals surface area contributed by atoms with E-state index >= 15 is 0 Å². The molecule has 0 saturated heterocycles. The number of esters is 2. The molecule has 0 radical (unpaired) electrons. The van der Waals surface area contributed by atoms with E-state index in [0.717, 1.165) is 92.3 Å². The summed E-state index contributed by atoms with van der Waals surface area (Å²) < 4.78 is 69.0. The molecular weight excluding hydrogens is 1640 g/mol. The van der Waals surface area contributed by atoms with Gasteiger partial charge >= 0.3 is 11.9 Å². The predicted octanol–water partition coefficient (Wildman–Crippen LogP) is 18.2. The lowest BCUT2D eigenvalue weighted by Crippen LogP contribution is -2.02. The Hall–Kier alpha value is -9.34. The fourth-order valence-corrected chi connectivity index (χ4v) is 15.1. The molecule has 0 aliphatic carbocycles. The maximum Gasteiger partial charge on any atom is 0.350 e. The maximum atomic E-state index is 12.7. The van der Waals surface area contributed by atoms with Gasteiger partial charge < -0.3 is 20.3 Å². The number of aromatic nitrogens is 21. The first-order valence-corrected chi connectivity index (χ1v) is 40.1. The van der Waals surface area contributed by atoms with Crippen LogP contribution < -0.4 is 5.73 Å². The van der Waals surface area contributed by atoms with Crippen molar-refractivity contribution in [2.75, 3.05) is 44.0 Å². The molecule has 110 heavy (non-hydrogen) atoms. The monoisotopic (exact) mass is 1710 g/mol. The Kier molecular flexibility index (Phi) is 34.3. The van der Waals surface area contributed by atoms with Crippen molar-refractivity contribution in [2.45, 2.75) is 90.5 Å². The van der Waals surface area contributed by atoms with Crippen molar-refractivity contribution in [2.24, 2.45) is 0 Å². The highest BCUT2D eigenvalue weighted by molar-refractivity contribution is 7.99. The average Bonchev–Trinajstić information content (AvgIpc) is 1.69. The predicted molar refractivity (Wildman–Crippen MR) is 436 cm³/mol. The van der Waals surface area contributed by atoms with Crippen LogP contribution in [0.15, 0.2) is 150 Å². The number of aliphatic hydroxyl groups is 1. The highest BCUT2D eigenvalue weighted by Gasteiger charge is 2.21. The van der Waals surface area contributed by atoms with Crippen molar-refractivity contribution in [3.05, 3.63) is 164 Å². The Labute approximate surface area is 673 Å². The van der Waals surface area contributed by atoms with Gasteiger partial charge in [0.15, 0.2) is 65.3 Å². The molecule has 16 aromatic rings. The lowest BCUT2D eigenvalue weighted by atomic mass is 10.4. The molecule has 0 amide bonds. The summed E-state index contributed by atoms with van der Waals surface area (Å²) in [6.07, 6.45) is 29.8. The van der Waals surface area contributed by atoms with Crippen LogP contribution in [0.4, 0.5) is 22.7 Å². The second-order valence-electron chi connectivity index (χ2n) is 19.9. The minimum atomic E-state index is -2.51. The van der Waals surface area contributed by atoms with Crippen molar-refractivity contribution < 1.29 is 46.5 Å². The number of hydrogen-bond donors (Lipinski definition) is 2. The number of hydrogen-bond acceptors (Lipinski definition) is 33. The van der Waals surface area contributed by atoms with E-state index in [2.05, 4.69) is 79.7 Å². The van der Waals surface area contributed by atoms with Crippen molar-refractivity contribution in [1.82, 2.24) is 102 Å². The largest absolute Gasteiger partial charge is 0.462 e. The van der Waals surface area contributed by atoms with Crippen LogP contribution in [0.1, 0.15) is 107 Å². The lowest BCUT2D eigenvalue weighted by Gasteiger charge is -2.00. The Morgan fingerprint density at radius 2 is 0.809 bits per heavy atom. The molecule has 0 bridgehead atoms. The number of aliphatic hydroxyl groups excluding tert-OH is 1. The number of nitrogens with two attached hydrogens (primary N) is 1. The van der Waals surface area contributed by atoms with Crippen LogP contribution in [0.3, 0.4) is 0 Å². The molecule has 0 aliphatic heterocycles. The maximum absolute atomic E-state index is 12.7. The van der Waals surface area contributed by atoms with Gasteiger partial charge in [-0.1, -0.05) is 117 Å². The molecule has 3 N–H and O–H groups in total. The first-order chi connectivity index (χ1) is 50.9. The quantitative estimate of drug-likeness (QED) is 0.0281. The highest BCUT2D eigenvalue weighted by atomic mass is 35.5. The second-order valence-corrected chi connectivity index (χ2v) is 29.9. The topological polar surface area (TPSA) is 344 Å². The van der Waals surface area contributed by atoms with Gasteiger partial charge in [-0.15, -0.1) is 47.0 Å². The van der Waals surface area contributed by atoms with Gasteiger partial charge in [0, 0.05) is 62.0 Å². The Morgan fingerprint density at radius 1 is 0.464 bits per heavy atom. The number of halogens is 5. The smallest absolute Gasteiger partial charge is 0.350 e. The van der Waals surface area contributed by atoms with E-state index in [1.165, 1.54) is 81.2 Å². The second kappa shape index (κ2) is 42.2. The van der Waals surface area contributed by atoms with Crippen molar-refractivity contribution in [3.63, 3.8) is 0 Å². The van der Waals surface area contributed by atoms with Crippen LogP contribution in [-0.4, -0.2) is 163 Å². The number of nitrogen functional groups attached to an aromatic ring is 1. The van der Waals surface area contributed by atoms with E-state index in [0.29, 0.717) is 93.5 Å². The standard InChI is InChI=1S/C13H12N4O2S2.C11H8F2N4S2.C11H10N4OS2.C11H8N4OS2.C10H5ClF2N4S.C6H8N2O2S.5CH4/c1-3-19-12(18)9-7-17-8(6-15-13(17)21-9)11-14-5-4-10(16-11)20-2;1-18-8-2-3-14-10(16-8)6-4-15-11-17(6)5-7(19-11)9(12)13;2*1-17-9-2-3-12-10(14-9)8-4-13-11-15(8)5-7(6-16)18-11;11-7-1-2-14-9(16-7)5-3-15-10-17(5)4-6(18-10)8(12)13;1-2-10-5(9)4-3-8-6(7)11-4;;;;;/h4-7H,3H2,1-2H3;2-5,9H,1H3;2-5,16H,6H2,1H3;2-6H,1H3;1-4,8H;3H,2H2,1H3,(H2,7,8);5*1H4. The molecule has 28 nitrogen and oxygen atoms in total. The molecule has 16 rings (SSSR count). The van der Waals surface area contributed by atoms with Gasteiger partial charge in [-0.3, -0.25) is 26.8 Å². The van der Waals surface area contributed by atoms with Crippen LogP contribution in [0, 0.1) is 0 Å². The van der Waals surface area contributed by atoms with Crippen LogP contribution in [0.2, 0.25) is 5.15 Å². The molecule has 0 spiro atoms. The summed E-state index contributed by atoms with van der Waals surface area (Å²) in [4.78, 5) is 107. The van der Waals surface area contributed by atoms with Crippen LogP contribution in [0.25, 0.3) is 82.4 Å². The van der Waals surface area contributed by atoms with Gasteiger partial charge in [0.1, 0.15) is 43.4 Å². The fraction of sp³-hybridized carbons (Fsp3) is 0.239. The Bertz CT molecular complexity index is 5640. The summed E-state index contributed by atoms with van der Waals surface area (Å²) >= 11 is 19.1. The third kappa shape index (κ3) is 21.6. The molecule has 0 saturated carbocycles. The molecule has 43 heteroatoms. The SMILES string of the molecule is C.C.C.C.C.CCOC(=O)c1cn2c(-c3nccc(SC)n3)cnc2s1.CCOC(=O)c1cnc(N)s1.CSc1ccnc(-c2cnc3sc(C(F)F)cn23)n1.CSc1ccnc(-c2cnc3sc(C=O)cn23)n1.CSc1ccnc(-c2cnc3sc(CO)cn23)n1.FC(F)c1cn2c(-c3nccc(Cl)n3)cnc2s1. The summed E-state index contributed by atoms with van der Waals surface area (Å²) in [5.41, 5.74) is 8.87. The number of fused-ring (bicyclic) bond motifs is 5. The Morgan fingerprint density at radius 3 is 1.16 bits per heavy atom. The normalized spacial score (nSPS) is 10.6. The number of ether oxygens (including phenoxy) is 2. The lowest BCUT2D eigenvalue weighted by molar-refractivity contribution is 0.0522. The first kappa shape index (κ1) is 89.6. The number of carbonyl (C=O) groups excluding carboxylic acids is 3. The summed E-state index contributed by atoms with van der Waals surface area (Å²) in [6, 6.07) is 8.92. The molecule has 0 unspecified atom stereocenters. The summed E-state index contributed by atoms with van der Waals surface area (Å²) in [5, 5.41) is 13.3. The van der Waals surface area contributed by atoms with Crippen molar-refractivity contribution in [1.29, 1.82) is 0 Å². The number of thioether (sulfide) groups is 4. The van der Waals surface area contributed by atoms with Gasteiger partial charge in [0.25, 0.3) is 12.9 Å². The minimum Gasteiger partial charge on any atom is -0.462 e. The number of imidazole rings is 5. The third-order valence-corrected chi connectivity index (χ3v) is 21.9. The van der Waals surface area contributed by atoms with E-state index < -0.39 is 12.9 Å². The molecular formula is C67H71ClF4N22O6S10. The number of anilines is 1. The van der Waals surface area contributed by atoms with E-state index in [1.54, 1.807) is 128 Å². The first-order valence-electron chi connectivity index (χ1n) is 29.9. The molecule has 580 valence electrons.